The fourth-order valence-electron chi connectivity index (χ4n) is 4.19. The predicted molar refractivity (Wildman–Crippen MR) is 94.7 cm³/mol. The lowest BCUT2D eigenvalue weighted by Crippen LogP contribution is -2.44. The fourth-order valence-corrected chi connectivity index (χ4v) is 4.19. The van der Waals surface area contributed by atoms with Gasteiger partial charge in [0.05, 0.1) is 5.41 Å². The molecule has 3 heteroatoms. The maximum absolute atomic E-state index is 12.7. The van der Waals surface area contributed by atoms with Crippen molar-refractivity contribution in [3.8, 4) is 5.75 Å². The average molecular weight is 315 g/mol. The number of amides is 1. The van der Waals surface area contributed by atoms with Gasteiger partial charge in [0.1, 0.15) is 12.4 Å². The van der Waals surface area contributed by atoms with Crippen LogP contribution in [0.3, 0.4) is 0 Å². The third-order valence-corrected chi connectivity index (χ3v) is 5.47. The van der Waals surface area contributed by atoms with Crippen LogP contribution in [0.25, 0.3) is 10.8 Å². The van der Waals surface area contributed by atoms with Crippen molar-refractivity contribution >= 4 is 22.4 Å². The number of hydrogen-bond donors (Lipinski definition) is 0. The van der Waals surface area contributed by atoms with Crippen LogP contribution in [0.4, 0.5) is 5.69 Å². The van der Waals surface area contributed by atoms with Crippen LogP contribution >= 0.6 is 0 Å². The molecule has 0 fully saturated rings. The van der Waals surface area contributed by atoms with E-state index in [-0.39, 0.29) is 11.3 Å². The molecule has 0 aliphatic carbocycles. The van der Waals surface area contributed by atoms with Gasteiger partial charge >= 0.3 is 0 Å². The summed E-state index contributed by atoms with van der Waals surface area (Å²) in [4.78, 5) is 14.4. The first-order chi connectivity index (χ1) is 11.7. The standard InChI is InChI=1S/C21H17NO2/c1-22-18-9-5-4-8-16(18)21(12-19(22)23)13-24-20-15-7-3-2-6-14(15)10-11-17(20)21/h2-11H,12-13H2,1H3/t21-/m1/s1. The van der Waals surface area contributed by atoms with Gasteiger partial charge in [-0.3, -0.25) is 4.79 Å². The Bertz CT molecular complexity index is 994. The summed E-state index contributed by atoms with van der Waals surface area (Å²) in [5, 5.41) is 2.29. The number of fused-ring (bicyclic) bond motifs is 6. The molecule has 2 aliphatic heterocycles. The van der Waals surface area contributed by atoms with Gasteiger partial charge in [-0.2, -0.15) is 0 Å². The van der Waals surface area contributed by atoms with Gasteiger partial charge in [-0.15, -0.1) is 0 Å². The van der Waals surface area contributed by atoms with Crippen LogP contribution in [-0.2, 0) is 10.2 Å². The zero-order valence-electron chi connectivity index (χ0n) is 13.5. The lowest BCUT2D eigenvalue weighted by molar-refractivity contribution is -0.119. The molecule has 0 radical (unpaired) electrons. The fraction of sp³-hybridized carbons (Fsp3) is 0.190. The Morgan fingerprint density at radius 3 is 2.67 bits per heavy atom. The van der Waals surface area contributed by atoms with Crippen molar-refractivity contribution in [2.75, 3.05) is 18.6 Å². The van der Waals surface area contributed by atoms with Crippen molar-refractivity contribution in [2.24, 2.45) is 0 Å². The van der Waals surface area contributed by atoms with E-state index in [1.165, 1.54) is 10.9 Å². The van der Waals surface area contributed by atoms with Crippen LogP contribution in [0.15, 0.2) is 60.7 Å². The van der Waals surface area contributed by atoms with Gasteiger partial charge in [0, 0.05) is 30.1 Å². The molecule has 1 amide bonds. The summed E-state index contributed by atoms with van der Waals surface area (Å²) in [7, 11) is 1.85. The molecule has 3 aromatic carbocycles. The normalized spacial score (nSPS) is 21.7. The van der Waals surface area contributed by atoms with E-state index >= 15 is 0 Å². The Balaban J connectivity index is 1.82. The van der Waals surface area contributed by atoms with Gasteiger partial charge in [-0.1, -0.05) is 54.6 Å². The topological polar surface area (TPSA) is 29.5 Å². The van der Waals surface area contributed by atoms with Crippen LogP contribution in [0.5, 0.6) is 5.75 Å². The van der Waals surface area contributed by atoms with Crippen molar-refractivity contribution < 1.29 is 9.53 Å². The molecule has 0 aromatic heterocycles. The van der Waals surface area contributed by atoms with Crippen molar-refractivity contribution in [1.82, 2.24) is 0 Å². The lowest BCUT2D eigenvalue weighted by Gasteiger charge is -2.38. The van der Waals surface area contributed by atoms with E-state index in [1.54, 1.807) is 4.90 Å². The van der Waals surface area contributed by atoms with E-state index < -0.39 is 0 Å². The molecular weight excluding hydrogens is 298 g/mol. The molecule has 0 bridgehead atoms. The minimum Gasteiger partial charge on any atom is -0.491 e. The first-order valence-electron chi connectivity index (χ1n) is 8.22. The number of carbonyl (C=O) groups is 1. The SMILES string of the molecule is CN1C(=O)C[C@@]2(COc3c2ccc2ccccc32)c2ccccc21. The van der Waals surface area contributed by atoms with Crippen molar-refractivity contribution in [1.29, 1.82) is 0 Å². The zero-order valence-corrected chi connectivity index (χ0v) is 13.5. The molecule has 2 aliphatic rings. The molecule has 0 saturated heterocycles. The molecule has 5 rings (SSSR count). The smallest absolute Gasteiger partial charge is 0.228 e. The molecule has 0 saturated carbocycles. The van der Waals surface area contributed by atoms with Gasteiger partial charge in [0.15, 0.2) is 0 Å². The Labute approximate surface area is 140 Å². The number of benzene rings is 3. The minimum absolute atomic E-state index is 0.137. The van der Waals surface area contributed by atoms with Crippen LogP contribution in [0.2, 0.25) is 0 Å². The van der Waals surface area contributed by atoms with Crippen molar-refractivity contribution in [2.45, 2.75) is 11.8 Å². The molecular formula is C21H17NO2. The van der Waals surface area contributed by atoms with Crippen LogP contribution in [-0.4, -0.2) is 19.6 Å². The molecule has 24 heavy (non-hydrogen) atoms. The summed E-state index contributed by atoms with van der Waals surface area (Å²) in [6.07, 6.45) is 0.450. The largest absolute Gasteiger partial charge is 0.491 e. The maximum Gasteiger partial charge on any atom is 0.228 e. The highest BCUT2D eigenvalue weighted by molar-refractivity contribution is 6.00. The van der Waals surface area contributed by atoms with E-state index in [9.17, 15) is 4.79 Å². The van der Waals surface area contributed by atoms with Crippen LogP contribution in [0, 0.1) is 0 Å². The summed E-state index contributed by atoms with van der Waals surface area (Å²) in [5.74, 6) is 1.07. The molecule has 0 unspecified atom stereocenters. The zero-order chi connectivity index (χ0) is 16.3. The third kappa shape index (κ3) is 1.59. The predicted octanol–water partition coefficient (Wildman–Crippen LogP) is 3.88. The molecule has 118 valence electrons. The van der Waals surface area contributed by atoms with E-state index in [4.69, 9.17) is 4.74 Å². The number of rotatable bonds is 0. The summed E-state index contributed by atoms with van der Waals surface area (Å²) in [6, 6.07) is 20.7. The van der Waals surface area contributed by atoms with Crippen molar-refractivity contribution in [3.05, 3.63) is 71.8 Å². The van der Waals surface area contributed by atoms with Gasteiger partial charge in [0.2, 0.25) is 5.91 Å². The molecule has 3 aromatic rings. The third-order valence-electron chi connectivity index (χ3n) is 5.47. The maximum atomic E-state index is 12.7. The second kappa shape index (κ2) is 4.60. The van der Waals surface area contributed by atoms with Crippen LogP contribution in [0.1, 0.15) is 17.5 Å². The van der Waals surface area contributed by atoms with Crippen LogP contribution < -0.4 is 9.64 Å². The number of ether oxygens (including phenoxy) is 1. The summed E-state index contributed by atoms with van der Waals surface area (Å²) in [6.45, 7) is 0.521. The highest BCUT2D eigenvalue weighted by atomic mass is 16.5. The average Bonchev–Trinajstić information content (AvgIpc) is 3.00. The summed E-state index contributed by atoms with van der Waals surface area (Å²) in [5.41, 5.74) is 2.93. The first-order valence-corrected chi connectivity index (χ1v) is 8.22. The summed E-state index contributed by atoms with van der Waals surface area (Å²) < 4.78 is 6.17. The van der Waals surface area contributed by atoms with E-state index in [0.717, 1.165) is 22.4 Å². The quantitative estimate of drug-likeness (QED) is 0.630. The number of carbonyl (C=O) groups excluding carboxylic acids is 1. The number of hydrogen-bond acceptors (Lipinski definition) is 2. The Kier molecular flexibility index (Phi) is 2.61. The van der Waals surface area contributed by atoms with Gasteiger partial charge in [-0.25, -0.2) is 0 Å². The van der Waals surface area contributed by atoms with Gasteiger partial charge in [0.25, 0.3) is 0 Å². The van der Waals surface area contributed by atoms with Gasteiger partial charge in [-0.05, 0) is 17.0 Å². The number of anilines is 1. The Morgan fingerprint density at radius 1 is 0.958 bits per heavy atom. The van der Waals surface area contributed by atoms with E-state index in [2.05, 4.69) is 30.3 Å². The highest BCUT2D eigenvalue weighted by Gasteiger charge is 2.49. The van der Waals surface area contributed by atoms with E-state index in [0.29, 0.717) is 13.0 Å². The molecule has 0 N–H and O–H groups in total. The Morgan fingerprint density at radius 2 is 1.75 bits per heavy atom. The molecule has 3 nitrogen and oxygen atoms in total. The monoisotopic (exact) mass is 315 g/mol. The number of nitrogens with zero attached hydrogens (tertiary/aromatic N) is 1. The second-order valence-electron chi connectivity index (χ2n) is 6.68. The van der Waals surface area contributed by atoms with Gasteiger partial charge < -0.3 is 9.64 Å². The number of para-hydroxylation sites is 1. The first kappa shape index (κ1) is 13.6. The highest BCUT2D eigenvalue weighted by Crippen LogP contribution is 2.52. The molecule has 2 heterocycles. The Hall–Kier alpha value is -2.81. The lowest BCUT2D eigenvalue weighted by atomic mass is 9.70. The summed E-state index contributed by atoms with van der Waals surface area (Å²) >= 11 is 0. The van der Waals surface area contributed by atoms with Crippen molar-refractivity contribution in [3.63, 3.8) is 0 Å². The second-order valence-corrected chi connectivity index (χ2v) is 6.68. The van der Waals surface area contributed by atoms with E-state index in [1.807, 2.05) is 37.4 Å². The minimum atomic E-state index is -0.375. The molecule has 1 spiro atoms. The molecule has 1 atom stereocenters.